The Morgan fingerprint density at radius 3 is 2.57 bits per heavy atom. The number of aryl methyl sites for hydroxylation is 1. The number of hydrogen-bond acceptors (Lipinski definition) is 3. The standard InChI is InChI=1S/C13H14F4N4/c1-21-5-4-9(20-21)7-12(19-18)8-2-3-11(14)10(6-8)13(15,16)17/h2-6,12,19H,7,18H2,1H3. The van der Waals surface area contributed by atoms with Gasteiger partial charge in [0.2, 0.25) is 0 Å². The molecule has 1 atom stereocenters. The fourth-order valence-corrected chi connectivity index (χ4v) is 2.03. The van der Waals surface area contributed by atoms with Crippen LogP contribution in [0.3, 0.4) is 0 Å². The molecule has 0 radical (unpaired) electrons. The van der Waals surface area contributed by atoms with E-state index in [1.165, 1.54) is 6.07 Å². The van der Waals surface area contributed by atoms with Gasteiger partial charge in [0.15, 0.2) is 0 Å². The summed E-state index contributed by atoms with van der Waals surface area (Å²) in [5.74, 6) is 4.09. The molecule has 0 aliphatic rings. The van der Waals surface area contributed by atoms with Crippen molar-refractivity contribution >= 4 is 0 Å². The lowest BCUT2D eigenvalue weighted by molar-refractivity contribution is -0.140. The number of aromatic nitrogens is 2. The maximum absolute atomic E-state index is 13.3. The lowest BCUT2D eigenvalue weighted by Crippen LogP contribution is -2.30. The predicted octanol–water partition coefficient (Wildman–Crippen LogP) is 2.33. The van der Waals surface area contributed by atoms with E-state index < -0.39 is 23.6 Å². The highest BCUT2D eigenvalue weighted by Crippen LogP contribution is 2.33. The highest BCUT2D eigenvalue weighted by Gasteiger charge is 2.34. The number of halogens is 4. The maximum atomic E-state index is 13.3. The molecule has 0 saturated carbocycles. The van der Waals surface area contributed by atoms with Gasteiger partial charge in [-0.1, -0.05) is 6.07 Å². The normalized spacial score (nSPS) is 13.4. The number of nitrogens with two attached hydrogens (primary N) is 1. The van der Waals surface area contributed by atoms with Gasteiger partial charge in [0.05, 0.1) is 17.3 Å². The minimum atomic E-state index is -4.75. The predicted molar refractivity (Wildman–Crippen MR) is 68.4 cm³/mol. The molecule has 0 aliphatic heterocycles. The van der Waals surface area contributed by atoms with Crippen LogP contribution in [-0.2, 0) is 19.6 Å². The van der Waals surface area contributed by atoms with Crippen LogP contribution in [0.1, 0.15) is 22.9 Å². The number of rotatable bonds is 4. The third kappa shape index (κ3) is 3.59. The molecule has 21 heavy (non-hydrogen) atoms. The number of nitrogens with one attached hydrogen (secondary N) is 1. The van der Waals surface area contributed by atoms with Crippen LogP contribution < -0.4 is 11.3 Å². The number of nitrogens with zero attached hydrogens (tertiary/aromatic N) is 2. The molecule has 1 unspecified atom stereocenters. The second-order valence-corrected chi connectivity index (χ2v) is 4.64. The summed E-state index contributed by atoms with van der Waals surface area (Å²) in [6.45, 7) is 0. The van der Waals surface area contributed by atoms with Gasteiger partial charge in [-0.25, -0.2) is 4.39 Å². The van der Waals surface area contributed by atoms with E-state index in [-0.39, 0.29) is 5.56 Å². The molecule has 0 spiro atoms. The van der Waals surface area contributed by atoms with Crippen molar-refractivity contribution in [1.82, 2.24) is 15.2 Å². The number of hydrazine groups is 1. The minimum Gasteiger partial charge on any atom is -0.276 e. The van der Waals surface area contributed by atoms with E-state index in [4.69, 9.17) is 5.84 Å². The van der Waals surface area contributed by atoms with E-state index >= 15 is 0 Å². The van der Waals surface area contributed by atoms with E-state index in [1.54, 1.807) is 24.0 Å². The number of alkyl halides is 3. The van der Waals surface area contributed by atoms with Crippen molar-refractivity contribution in [3.63, 3.8) is 0 Å². The third-order valence-electron chi connectivity index (χ3n) is 3.08. The summed E-state index contributed by atoms with van der Waals surface area (Å²) < 4.78 is 53.0. The Labute approximate surface area is 118 Å². The molecule has 0 bridgehead atoms. The highest BCUT2D eigenvalue weighted by atomic mass is 19.4. The summed E-state index contributed by atoms with van der Waals surface area (Å²) in [5, 5.41) is 4.14. The Balaban J connectivity index is 2.30. The first-order valence-electron chi connectivity index (χ1n) is 6.12. The Bertz CT molecular complexity index is 621. The average Bonchev–Trinajstić information content (AvgIpc) is 2.81. The van der Waals surface area contributed by atoms with Crippen LogP contribution in [0.2, 0.25) is 0 Å². The molecule has 2 aromatic rings. The van der Waals surface area contributed by atoms with Gasteiger partial charge in [-0.2, -0.15) is 18.3 Å². The first-order valence-corrected chi connectivity index (χ1v) is 6.12. The van der Waals surface area contributed by atoms with Crippen LogP contribution in [-0.4, -0.2) is 9.78 Å². The Morgan fingerprint density at radius 2 is 2.05 bits per heavy atom. The zero-order chi connectivity index (χ0) is 15.6. The molecular formula is C13H14F4N4. The molecule has 4 nitrogen and oxygen atoms in total. The zero-order valence-corrected chi connectivity index (χ0v) is 11.2. The van der Waals surface area contributed by atoms with Gasteiger partial charge in [-0.3, -0.25) is 16.0 Å². The van der Waals surface area contributed by atoms with Gasteiger partial charge in [0, 0.05) is 19.7 Å². The van der Waals surface area contributed by atoms with Crippen LogP contribution in [0.5, 0.6) is 0 Å². The molecule has 1 aromatic heterocycles. The van der Waals surface area contributed by atoms with Crippen LogP contribution in [0.25, 0.3) is 0 Å². The molecule has 0 amide bonds. The zero-order valence-electron chi connectivity index (χ0n) is 11.2. The molecule has 3 N–H and O–H groups in total. The van der Waals surface area contributed by atoms with Gasteiger partial charge in [-0.15, -0.1) is 0 Å². The molecule has 0 fully saturated rings. The SMILES string of the molecule is Cn1ccc(CC(NN)c2ccc(F)c(C(F)(F)F)c2)n1. The van der Waals surface area contributed by atoms with Crippen LogP contribution >= 0.6 is 0 Å². The van der Waals surface area contributed by atoms with Crippen molar-refractivity contribution in [1.29, 1.82) is 0 Å². The first kappa shape index (κ1) is 15.5. The van der Waals surface area contributed by atoms with Gasteiger partial charge in [-0.05, 0) is 23.8 Å². The van der Waals surface area contributed by atoms with Crippen molar-refractivity contribution in [2.75, 3.05) is 0 Å². The summed E-state index contributed by atoms with van der Waals surface area (Å²) in [4.78, 5) is 0. The third-order valence-corrected chi connectivity index (χ3v) is 3.08. The maximum Gasteiger partial charge on any atom is 0.419 e. The second kappa shape index (κ2) is 5.82. The van der Waals surface area contributed by atoms with E-state index in [0.717, 1.165) is 12.1 Å². The van der Waals surface area contributed by atoms with Crippen molar-refractivity contribution in [3.8, 4) is 0 Å². The summed E-state index contributed by atoms with van der Waals surface area (Å²) in [5.41, 5.74) is 2.04. The summed E-state index contributed by atoms with van der Waals surface area (Å²) in [7, 11) is 1.73. The van der Waals surface area contributed by atoms with E-state index in [0.29, 0.717) is 12.1 Å². The monoisotopic (exact) mass is 302 g/mol. The van der Waals surface area contributed by atoms with Crippen LogP contribution in [0.15, 0.2) is 30.5 Å². The molecule has 2 rings (SSSR count). The minimum absolute atomic E-state index is 0.247. The quantitative estimate of drug-likeness (QED) is 0.518. The summed E-state index contributed by atoms with van der Waals surface area (Å²) in [6.07, 6.45) is -2.74. The van der Waals surface area contributed by atoms with Gasteiger partial charge in [0.25, 0.3) is 0 Å². The van der Waals surface area contributed by atoms with Crippen molar-refractivity contribution in [2.45, 2.75) is 18.6 Å². The molecule has 0 aliphatic carbocycles. The van der Waals surface area contributed by atoms with E-state index in [1.807, 2.05) is 0 Å². The number of benzene rings is 1. The van der Waals surface area contributed by atoms with Crippen molar-refractivity contribution in [2.24, 2.45) is 12.9 Å². The topological polar surface area (TPSA) is 55.9 Å². The molecule has 8 heteroatoms. The molecule has 0 saturated heterocycles. The lowest BCUT2D eigenvalue weighted by Gasteiger charge is -2.17. The fraction of sp³-hybridized carbons (Fsp3) is 0.308. The largest absolute Gasteiger partial charge is 0.419 e. The number of hydrogen-bond donors (Lipinski definition) is 2. The Morgan fingerprint density at radius 1 is 1.33 bits per heavy atom. The smallest absolute Gasteiger partial charge is 0.276 e. The van der Waals surface area contributed by atoms with Gasteiger partial charge >= 0.3 is 6.18 Å². The summed E-state index contributed by atoms with van der Waals surface area (Å²) in [6, 6.07) is 3.97. The van der Waals surface area contributed by atoms with Crippen molar-refractivity contribution in [3.05, 3.63) is 53.1 Å². The molecular weight excluding hydrogens is 288 g/mol. The fourth-order valence-electron chi connectivity index (χ4n) is 2.03. The van der Waals surface area contributed by atoms with Gasteiger partial charge in [0.1, 0.15) is 5.82 Å². The summed E-state index contributed by atoms with van der Waals surface area (Å²) >= 11 is 0. The molecule has 1 heterocycles. The lowest BCUT2D eigenvalue weighted by atomic mass is 10.00. The van der Waals surface area contributed by atoms with Crippen LogP contribution in [0, 0.1) is 5.82 Å². The van der Waals surface area contributed by atoms with Crippen molar-refractivity contribution < 1.29 is 17.6 Å². The van der Waals surface area contributed by atoms with Crippen LogP contribution in [0.4, 0.5) is 17.6 Å². The first-order chi connectivity index (χ1) is 9.81. The van der Waals surface area contributed by atoms with Gasteiger partial charge < -0.3 is 0 Å². The highest BCUT2D eigenvalue weighted by molar-refractivity contribution is 5.30. The Kier molecular flexibility index (Phi) is 4.29. The Hall–Kier alpha value is -1.93. The average molecular weight is 302 g/mol. The molecule has 1 aromatic carbocycles. The second-order valence-electron chi connectivity index (χ2n) is 4.64. The van der Waals surface area contributed by atoms with E-state index in [9.17, 15) is 17.6 Å². The molecule has 114 valence electrons. The van der Waals surface area contributed by atoms with E-state index in [2.05, 4.69) is 10.5 Å².